The first kappa shape index (κ1) is 24.2. The van der Waals surface area contributed by atoms with E-state index in [0.29, 0.717) is 6.54 Å². The molecule has 0 aliphatic carbocycles. The van der Waals surface area contributed by atoms with E-state index in [1.165, 1.54) is 0 Å². The van der Waals surface area contributed by atoms with Gasteiger partial charge in [0.2, 0.25) is 0 Å². The van der Waals surface area contributed by atoms with E-state index >= 15 is 0 Å². The van der Waals surface area contributed by atoms with E-state index in [2.05, 4.69) is 16.3 Å². The van der Waals surface area contributed by atoms with Crippen molar-refractivity contribution >= 4 is 30.7 Å². The third-order valence-electron chi connectivity index (χ3n) is 4.67. The van der Waals surface area contributed by atoms with Crippen molar-refractivity contribution in [3.8, 4) is 5.75 Å². The molecule has 1 atom stereocenters. The van der Waals surface area contributed by atoms with Crippen LogP contribution in [0.25, 0.3) is 0 Å². The number of piperazine rings is 1. The fourth-order valence-electron chi connectivity index (χ4n) is 3.50. The van der Waals surface area contributed by atoms with Gasteiger partial charge in [0.1, 0.15) is 5.75 Å². The minimum atomic E-state index is -0.0371. The Hall–Kier alpha value is -1.79. The van der Waals surface area contributed by atoms with Crippen LogP contribution in [0.15, 0.2) is 48.5 Å². The Labute approximate surface area is 179 Å². The van der Waals surface area contributed by atoms with Crippen LogP contribution in [-0.4, -0.2) is 56.5 Å². The van der Waals surface area contributed by atoms with Crippen LogP contribution >= 0.6 is 24.8 Å². The Balaban J connectivity index is 0.00000196. The molecule has 1 heterocycles. The summed E-state index contributed by atoms with van der Waals surface area (Å²) < 4.78 is 5.52. The normalized spacial score (nSPS) is 16.1. The molecule has 0 aromatic heterocycles. The molecule has 0 spiro atoms. The molecule has 0 radical (unpaired) electrons. The second-order valence-electron chi connectivity index (χ2n) is 6.90. The lowest BCUT2D eigenvalue weighted by Gasteiger charge is -2.37. The lowest BCUT2D eigenvalue weighted by Crippen LogP contribution is -2.48. The van der Waals surface area contributed by atoms with Gasteiger partial charge >= 0.3 is 0 Å². The fraction of sp³-hybridized carbons (Fsp3) is 0.381. The lowest BCUT2D eigenvalue weighted by molar-refractivity contribution is 0.0631. The van der Waals surface area contributed by atoms with E-state index in [-0.39, 0.29) is 36.8 Å². The number of amides is 1. The number of benzene rings is 2. The van der Waals surface area contributed by atoms with Gasteiger partial charge in [-0.2, -0.15) is 0 Å². The van der Waals surface area contributed by atoms with Gasteiger partial charge in [-0.25, -0.2) is 0 Å². The van der Waals surface area contributed by atoms with Gasteiger partial charge in [0.25, 0.3) is 5.91 Å². The maximum Gasteiger partial charge on any atom is 0.254 e. The highest BCUT2D eigenvalue weighted by molar-refractivity contribution is 5.94. The smallest absolute Gasteiger partial charge is 0.254 e. The number of nitrogens with zero attached hydrogens (tertiary/aromatic N) is 2. The summed E-state index contributed by atoms with van der Waals surface area (Å²) in [7, 11) is 5.73. The molecular weight excluding hydrogens is 397 g/mol. The van der Waals surface area contributed by atoms with Gasteiger partial charge in [0.05, 0.1) is 13.2 Å². The number of carbonyl (C=O) groups is 1. The van der Waals surface area contributed by atoms with Crippen LogP contribution in [0.1, 0.15) is 27.5 Å². The van der Waals surface area contributed by atoms with Crippen LogP contribution in [0.5, 0.6) is 5.75 Å². The van der Waals surface area contributed by atoms with Crippen LogP contribution in [0.4, 0.5) is 0 Å². The van der Waals surface area contributed by atoms with Crippen LogP contribution in [-0.2, 0) is 6.54 Å². The highest BCUT2D eigenvalue weighted by Gasteiger charge is 2.30. The zero-order chi connectivity index (χ0) is 18.5. The summed E-state index contributed by atoms with van der Waals surface area (Å²) in [6.45, 7) is 3.02. The second-order valence-corrected chi connectivity index (χ2v) is 6.90. The molecule has 1 aliphatic heterocycles. The highest BCUT2D eigenvalue weighted by atomic mass is 35.5. The van der Waals surface area contributed by atoms with E-state index in [1.807, 2.05) is 61.5 Å². The summed E-state index contributed by atoms with van der Waals surface area (Å²) in [6.07, 6.45) is 0. The number of carbonyl (C=O) groups excluding carboxylic acids is 1. The molecule has 3 rings (SSSR count). The molecular formula is C21H29Cl2N3O2. The van der Waals surface area contributed by atoms with Crippen molar-refractivity contribution in [1.29, 1.82) is 0 Å². The highest BCUT2D eigenvalue weighted by Crippen LogP contribution is 2.31. The molecule has 0 saturated carbocycles. The summed E-state index contributed by atoms with van der Waals surface area (Å²) in [4.78, 5) is 17.3. The van der Waals surface area contributed by atoms with Crippen molar-refractivity contribution in [2.75, 3.05) is 40.8 Å². The maximum atomic E-state index is 13.3. The first-order chi connectivity index (χ1) is 12.6. The first-order valence-electron chi connectivity index (χ1n) is 8.98. The minimum absolute atomic E-state index is 0. The van der Waals surface area contributed by atoms with Crippen molar-refractivity contribution in [3.63, 3.8) is 0 Å². The van der Waals surface area contributed by atoms with E-state index in [1.54, 1.807) is 7.11 Å². The number of hydrogen-bond acceptors (Lipinski definition) is 4. The number of halogens is 2. The van der Waals surface area contributed by atoms with Gasteiger partial charge < -0.3 is 19.9 Å². The largest absolute Gasteiger partial charge is 0.496 e. The number of methoxy groups -OCH3 is 1. The van der Waals surface area contributed by atoms with Crippen molar-refractivity contribution in [2.45, 2.75) is 12.6 Å². The number of nitrogens with one attached hydrogen (secondary N) is 1. The number of para-hydroxylation sites is 1. The molecule has 2 aromatic rings. The SMILES string of the molecule is COc1ccccc1C1CNCCN1C(=O)c1cccc(CN(C)C)c1.Cl.Cl. The molecule has 1 saturated heterocycles. The molecule has 1 fully saturated rings. The van der Waals surface area contributed by atoms with Gasteiger partial charge in [-0.15, -0.1) is 24.8 Å². The molecule has 1 aliphatic rings. The molecule has 1 N–H and O–H groups in total. The number of hydrogen-bond donors (Lipinski definition) is 1. The molecule has 5 nitrogen and oxygen atoms in total. The molecule has 0 bridgehead atoms. The number of ether oxygens (including phenoxy) is 1. The third-order valence-corrected chi connectivity index (χ3v) is 4.67. The topological polar surface area (TPSA) is 44.8 Å². The summed E-state index contributed by atoms with van der Waals surface area (Å²) >= 11 is 0. The van der Waals surface area contributed by atoms with Crippen molar-refractivity contribution in [3.05, 3.63) is 65.2 Å². The van der Waals surface area contributed by atoms with Crippen molar-refractivity contribution in [1.82, 2.24) is 15.1 Å². The van der Waals surface area contributed by atoms with E-state index in [0.717, 1.165) is 42.1 Å². The Morgan fingerprint density at radius 3 is 2.64 bits per heavy atom. The predicted molar refractivity (Wildman–Crippen MR) is 118 cm³/mol. The summed E-state index contributed by atoms with van der Waals surface area (Å²) in [5.41, 5.74) is 2.93. The molecule has 2 aromatic carbocycles. The quantitative estimate of drug-likeness (QED) is 0.796. The Morgan fingerprint density at radius 1 is 1.18 bits per heavy atom. The van der Waals surface area contributed by atoms with Crippen LogP contribution in [0, 0.1) is 0 Å². The van der Waals surface area contributed by atoms with Crippen molar-refractivity contribution in [2.24, 2.45) is 0 Å². The fourth-order valence-corrected chi connectivity index (χ4v) is 3.50. The molecule has 28 heavy (non-hydrogen) atoms. The van der Waals surface area contributed by atoms with E-state index in [9.17, 15) is 4.79 Å². The van der Waals surface area contributed by atoms with Gasteiger partial charge in [-0.3, -0.25) is 4.79 Å². The Kier molecular flexibility index (Phi) is 9.76. The molecule has 7 heteroatoms. The zero-order valence-electron chi connectivity index (χ0n) is 16.6. The molecule has 154 valence electrons. The van der Waals surface area contributed by atoms with Crippen molar-refractivity contribution < 1.29 is 9.53 Å². The van der Waals surface area contributed by atoms with E-state index < -0.39 is 0 Å². The van der Waals surface area contributed by atoms with Crippen LogP contribution < -0.4 is 10.1 Å². The van der Waals surface area contributed by atoms with Crippen LogP contribution in [0.3, 0.4) is 0 Å². The Morgan fingerprint density at radius 2 is 1.93 bits per heavy atom. The van der Waals surface area contributed by atoms with Crippen LogP contribution in [0.2, 0.25) is 0 Å². The monoisotopic (exact) mass is 425 g/mol. The van der Waals surface area contributed by atoms with Gasteiger partial charge in [-0.05, 0) is 37.9 Å². The average Bonchev–Trinajstić information content (AvgIpc) is 2.67. The summed E-state index contributed by atoms with van der Waals surface area (Å²) in [5.74, 6) is 0.892. The Bertz CT molecular complexity index is 771. The predicted octanol–water partition coefficient (Wildman–Crippen LogP) is 3.39. The standard InChI is InChI=1S/C21H27N3O2.2ClH/c1-23(2)15-16-7-6-8-17(13-16)21(25)24-12-11-22-14-19(24)18-9-4-5-10-20(18)26-3;;/h4-10,13,19,22H,11-12,14-15H2,1-3H3;2*1H. The molecule has 1 unspecified atom stereocenters. The molecule has 1 amide bonds. The first-order valence-corrected chi connectivity index (χ1v) is 8.98. The summed E-state index contributed by atoms with van der Waals surface area (Å²) in [5, 5.41) is 3.40. The van der Waals surface area contributed by atoms with Gasteiger partial charge in [-0.1, -0.05) is 30.3 Å². The third kappa shape index (κ3) is 5.61. The maximum absolute atomic E-state index is 13.3. The zero-order valence-corrected chi connectivity index (χ0v) is 18.2. The minimum Gasteiger partial charge on any atom is -0.496 e. The second kappa shape index (κ2) is 11.3. The number of rotatable bonds is 5. The van der Waals surface area contributed by atoms with Gasteiger partial charge in [0, 0.05) is 37.3 Å². The van der Waals surface area contributed by atoms with Gasteiger partial charge in [0.15, 0.2) is 0 Å². The average molecular weight is 426 g/mol. The lowest BCUT2D eigenvalue weighted by atomic mass is 10.0. The van der Waals surface area contributed by atoms with E-state index in [4.69, 9.17) is 4.74 Å². The summed E-state index contributed by atoms with van der Waals surface area (Å²) in [6, 6.07) is 15.8.